The lowest BCUT2D eigenvalue weighted by atomic mass is 10.00. The van der Waals surface area contributed by atoms with Gasteiger partial charge in [-0.05, 0) is 53.9 Å². The summed E-state index contributed by atoms with van der Waals surface area (Å²) in [6.07, 6.45) is -0.322. The molecule has 1 aliphatic rings. The van der Waals surface area contributed by atoms with Crippen LogP contribution < -0.4 is 10.6 Å². The van der Waals surface area contributed by atoms with Crippen molar-refractivity contribution in [3.05, 3.63) is 95.8 Å². The smallest absolute Gasteiger partial charge is 0.411 e. The molecule has 3 amide bonds. The zero-order valence-electron chi connectivity index (χ0n) is 19.2. The second-order valence-corrected chi connectivity index (χ2v) is 8.28. The lowest BCUT2D eigenvalue weighted by molar-refractivity contribution is -0.121. The molecule has 0 aliphatic carbocycles. The topological polar surface area (TPSA) is 87.7 Å². The van der Waals surface area contributed by atoms with Gasteiger partial charge in [-0.2, -0.15) is 0 Å². The molecule has 0 bridgehead atoms. The maximum atomic E-state index is 13.4. The van der Waals surface area contributed by atoms with Crippen LogP contribution in [0.5, 0.6) is 0 Å². The van der Waals surface area contributed by atoms with Crippen molar-refractivity contribution >= 4 is 29.3 Å². The maximum Gasteiger partial charge on any atom is 0.411 e. The van der Waals surface area contributed by atoms with Gasteiger partial charge in [-0.15, -0.1) is 0 Å². The molecule has 2 atom stereocenters. The monoisotopic (exact) mass is 475 g/mol. The fourth-order valence-corrected chi connectivity index (χ4v) is 3.95. The zero-order chi connectivity index (χ0) is 24.8. The highest BCUT2D eigenvalue weighted by Crippen LogP contribution is 2.35. The van der Waals surface area contributed by atoms with Crippen LogP contribution in [0.3, 0.4) is 0 Å². The quantitative estimate of drug-likeness (QED) is 0.465. The minimum absolute atomic E-state index is 0.0851. The van der Waals surface area contributed by atoms with Crippen molar-refractivity contribution in [2.24, 2.45) is 0 Å². The van der Waals surface area contributed by atoms with Crippen molar-refractivity contribution < 1.29 is 23.5 Å². The van der Waals surface area contributed by atoms with Crippen molar-refractivity contribution in [3.8, 4) is 0 Å². The molecule has 2 unspecified atom stereocenters. The van der Waals surface area contributed by atoms with Crippen LogP contribution in [-0.4, -0.2) is 28.8 Å². The van der Waals surface area contributed by atoms with Gasteiger partial charge in [-0.25, -0.2) is 9.18 Å². The highest BCUT2D eigenvalue weighted by atomic mass is 19.1. The van der Waals surface area contributed by atoms with E-state index in [1.54, 1.807) is 24.3 Å². The van der Waals surface area contributed by atoms with Crippen LogP contribution >= 0.6 is 0 Å². The van der Waals surface area contributed by atoms with Crippen molar-refractivity contribution in [2.75, 3.05) is 10.6 Å². The number of anilines is 2. The van der Waals surface area contributed by atoms with E-state index in [-0.39, 0.29) is 12.5 Å². The van der Waals surface area contributed by atoms with Gasteiger partial charge in [0.25, 0.3) is 5.91 Å². The van der Waals surface area contributed by atoms with Crippen LogP contribution in [0, 0.1) is 5.82 Å². The number of ether oxygens (including phenoxy) is 1. The summed E-state index contributed by atoms with van der Waals surface area (Å²) in [4.78, 5) is 39.5. The first-order valence-corrected chi connectivity index (χ1v) is 11.4. The van der Waals surface area contributed by atoms with Crippen LogP contribution in [-0.2, 0) is 20.9 Å². The molecule has 1 aliphatic heterocycles. The summed E-state index contributed by atoms with van der Waals surface area (Å²) >= 11 is 0. The van der Waals surface area contributed by atoms with Gasteiger partial charge in [0.1, 0.15) is 5.82 Å². The summed E-state index contributed by atoms with van der Waals surface area (Å²) in [5, 5.41) is 5.58. The Hall–Kier alpha value is -4.20. The Morgan fingerprint density at radius 1 is 0.914 bits per heavy atom. The van der Waals surface area contributed by atoms with Crippen LogP contribution in [0.4, 0.5) is 20.6 Å². The number of carbonyl (C=O) groups is 3. The summed E-state index contributed by atoms with van der Waals surface area (Å²) in [6, 6.07) is 20.6. The largest absolute Gasteiger partial charge is 0.438 e. The molecule has 4 rings (SSSR count). The average molecular weight is 476 g/mol. The van der Waals surface area contributed by atoms with Crippen LogP contribution in [0.25, 0.3) is 0 Å². The third-order valence-corrected chi connectivity index (χ3v) is 5.66. The highest BCUT2D eigenvalue weighted by molar-refractivity contribution is 5.98. The lowest BCUT2D eigenvalue weighted by Crippen LogP contribution is -2.43. The van der Waals surface area contributed by atoms with Crippen LogP contribution in [0.15, 0.2) is 78.9 Å². The van der Waals surface area contributed by atoms with Gasteiger partial charge >= 0.3 is 6.09 Å². The van der Waals surface area contributed by atoms with E-state index in [2.05, 4.69) is 10.6 Å². The van der Waals surface area contributed by atoms with E-state index in [1.807, 2.05) is 37.3 Å². The maximum absolute atomic E-state index is 13.4. The van der Waals surface area contributed by atoms with Gasteiger partial charge in [0.05, 0.1) is 6.54 Å². The minimum Gasteiger partial charge on any atom is -0.438 e. The van der Waals surface area contributed by atoms with Gasteiger partial charge in [0.2, 0.25) is 5.91 Å². The summed E-state index contributed by atoms with van der Waals surface area (Å²) in [5.41, 5.74) is 2.48. The van der Waals surface area contributed by atoms with Crippen LogP contribution in [0.2, 0.25) is 0 Å². The molecular weight excluding hydrogens is 449 g/mol. The Bertz CT molecular complexity index is 1180. The molecule has 7 nitrogen and oxygen atoms in total. The molecule has 0 radical (unpaired) electrons. The molecule has 1 saturated heterocycles. The van der Waals surface area contributed by atoms with Crippen molar-refractivity contribution in [1.29, 1.82) is 0 Å². The fourth-order valence-electron chi connectivity index (χ4n) is 3.95. The Morgan fingerprint density at radius 3 is 2.20 bits per heavy atom. The average Bonchev–Trinajstić information content (AvgIpc) is 3.17. The Morgan fingerprint density at radius 2 is 1.54 bits per heavy atom. The summed E-state index contributed by atoms with van der Waals surface area (Å²) in [6.45, 7) is 2.11. The number of nitrogens with zero attached hydrogens (tertiary/aromatic N) is 1. The lowest BCUT2D eigenvalue weighted by Gasteiger charge is -2.24. The number of hydrogen-bond acceptors (Lipinski definition) is 4. The van der Waals surface area contributed by atoms with Gasteiger partial charge in [0, 0.05) is 17.8 Å². The zero-order valence-corrected chi connectivity index (χ0v) is 19.2. The van der Waals surface area contributed by atoms with Gasteiger partial charge in [-0.3, -0.25) is 14.5 Å². The molecule has 1 fully saturated rings. The summed E-state index contributed by atoms with van der Waals surface area (Å²) < 4.78 is 19.0. The van der Waals surface area contributed by atoms with Crippen molar-refractivity contribution in [2.45, 2.75) is 38.5 Å². The molecular formula is C27H26FN3O4. The van der Waals surface area contributed by atoms with Crippen LogP contribution in [0.1, 0.15) is 37.0 Å². The predicted octanol–water partition coefficient (Wildman–Crippen LogP) is 5.27. The van der Waals surface area contributed by atoms with Gasteiger partial charge < -0.3 is 15.4 Å². The fraction of sp³-hybridized carbons (Fsp3) is 0.222. The molecule has 35 heavy (non-hydrogen) atoms. The number of cyclic esters (lactones) is 1. The first kappa shape index (κ1) is 23.9. The first-order chi connectivity index (χ1) is 16.9. The second kappa shape index (κ2) is 10.8. The number of carbonyl (C=O) groups excluding carboxylic acids is 3. The van der Waals surface area contributed by atoms with E-state index in [0.29, 0.717) is 23.4 Å². The van der Waals surface area contributed by atoms with E-state index in [9.17, 15) is 18.8 Å². The number of halogens is 1. The molecule has 8 heteroatoms. The number of benzene rings is 3. The van der Waals surface area contributed by atoms with Crippen molar-refractivity contribution in [3.63, 3.8) is 0 Å². The predicted molar refractivity (Wildman–Crippen MR) is 130 cm³/mol. The van der Waals surface area contributed by atoms with Gasteiger partial charge in [-0.1, -0.05) is 49.4 Å². The molecule has 180 valence electrons. The third-order valence-electron chi connectivity index (χ3n) is 5.66. The number of hydrogen-bond donors (Lipinski definition) is 2. The number of amides is 3. The SMILES string of the molecule is CCCC(=O)Nc1ccc(C2OC(=O)N(Cc3ccccc3)C2C(=O)Nc2ccc(F)cc2)cc1. The van der Waals surface area contributed by atoms with E-state index in [4.69, 9.17) is 4.74 Å². The number of rotatable bonds is 8. The first-order valence-electron chi connectivity index (χ1n) is 11.4. The molecule has 0 spiro atoms. The minimum atomic E-state index is -0.965. The normalized spacial score (nSPS) is 17.1. The molecule has 1 heterocycles. The molecule has 3 aromatic rings. The molecule has 0 aromatic heterocycles. The third kappa shape index (κ3) is 5.84. The highest BCUT2D eigenvalue weighted by Gasteiger charge is 2.47. The standard InChI is InChI=1S/C27H26FN3O4/c1-2-6-23(32)29-21-13-9-19(10-14-21)25-24(26(33)30-22-15-11-20(28)12-16-22)31(27(34)35-25)17-18-7-4-3-5-8-18/h3-5,7-16,24-25H,2,6,17H2,1H3,(H,29,32)(H,30,33). The Labute approximate surface area is 202 Å². The van der Waals surface area contributed by atoms with E-state index in [1.165, 1.54) is 29.2 Å². The summed E-state index contributed by atoms with van der Waals surface area (Å²) in [7, 11) is 0. The Kier molecular flexibility index (Phi) is 7.40. The molecule has 2 N–H and O–H groups in total. The molecule has 3 aromatic carbocycles. The molecule has 0 saturated carbocycles. The number of nitrogens with one attached hydrogen (secondary N) is 2. The van der Waals surface area contributed by atoms with Crippen molar-refractivity contribution in [1.82, 2.24) is 4.90 Å². The van der Waals surface area contributed by atoms with Gasteiger partial charge in [0.15, 0.2) is 12.1 Å². The van der Waals surface area contributed by atoms with E-state index < -0.39 is 30.0 Å². The van der Waals surface area contributed by atoms with E-state index >= 15 is 0 Å². The Balaban J connectivity index is 1.60. The summed E-state index contributed by atoms with van der Waals surface area (Å²) in [5.74, 6) is -0.959. The van der Waals surface area contributed by atoms with E-state index in [0.717, 1.165) is 12.0 Å². The second-order valence-electron chi connectivity index (χ2n) is 8.28.